The molecule has 0 heterocycles. The Morgan fingerprint density at radius 1 is 0.971 bits per heavy atom. The van der Waals surface area contributed by atoms with Crippen molar-refractivity contribution in [3.8, 4) is 0 Å². The summed E-state index contributed by atoms with van der Waals surface area (Å²) >= 11 is 6.16. The molecule has 5 nitrogen and oxygen atoms in total. The number of halogens is 3. The van der Waals surface area contributed by atoms with Gasteiger partial charge in [-0.2, -0.15) is 0 Å². The van der Waals surface area contributed by atoms with Gasteiger partial charge in [0.05, 0.1) is 17.2 Å². The smallest absolute Gasteiger partial charge is 0.242 e. The quantitative estimate of drug-likeness (QED) is 0.346. The van der Waals surface area contributed by atoms with Gasteiger partial charge in [-0.05, 0) is 60.2 Å². The van der Waals surface area contributed by atoms with Crippen LogP contribution in [0.2, 0.25) is 5.02 Å². The number of rotatable bonds is 11. The molecule has 9 heteroatoms. The average molecular weight is 523 g/mol. The Morgan fingerprint density at radius 2 is 1.63 bits per heavy atom. The fraction of sp³-hybridized carbons (Fsp3) is 0.308. The van der Waals surface area contributed by atoms with E-state index in [0.29, 0.717) is 12.1 Å². The van der Waals surface area contributed by atoms with Crippen LogP contribution in [0.4, 0.5) is 8.78 Å². The van der Waals surface area contributed by atoms with Crippen LogP contribution in [0.25, 0.3) is 0 Å². The molecule has 3 N–H and O–H groups in total. The number of nitrogens with one attached hydrogen (secondary N) is 2. The van der Waals surface area contributed by atoms with Crippen molar-refractivity contribution >= 4 is 21.6 Å². The predicted molar refractivity (Wildman–Crippen MR) is 134 cm³/mol. The minimum Gasteiger partial charge on any atom is -0.390 e. The molecule has 2 atom stereocenters. The highest BCUT2D eigenvalue weighted by Gasteiger charge is 2.29. The van der Waals surface area contributed by atoms with E-state index in [1.807, 2.05) is 18.2 Å². The molecule has 3 aromatic rings. The highest BCUT2D eigenvalue weighted by molar-refractivity contribution is 7.89. The van der Waals surface area contributed by atoms with Gasteiger partial charge < -0.3 is 10.4 Å². The van der Waals surface area contributed by atoms with Crippen LogP contribution in [0.1, 0.15) is 29.2 Å². The number of aryl methyl sites for hydroxylation is 2. The zero-order valence-corrected chi connectivity index (χ0v) is 21.1. The first kappa shape index (κ1) is 27.2. The molecule has 0 aliphatic heterocycles. The van der Waals surface area contributed by atoms with Gasteiger partial charge in [0.15, 0.2) is 0 Å². The molecular formula is C26H29ClF2N2O3S. The molecule has 0 spiro atoms. The monoisotopic (exact) mass is 522 g/mol. The predicted octanol–water partition coefficient (Wildman–Crippen LogP) is 4.53. The van der Waals surface area contributed by atoms with Crippen molar-refractivity contribution in [2.24, 2.45) is 0 Å². The molecule has 0 aromatic heterocycles. The summed E-state index contributed by atoms with van der Waals surface area (Å²) in [6, 6.07) is 14.6. The SMILES string of the molecule is CCc1cccc(CNC[C@H](O)[C@@H](Cc2cc(F)cc(F)c2)NS(=O)(=O)c2c(C)cccc2Cl)c1. The van der Waals surface area contributed by atoms with Gasteiger partial charge in [0, 0.05) is 19.2 Å². The van der Waals surface area contributed by atoms with E-state index in [2.05, 4.69) is 23.0 Å². The maximum absolute atomic E-state index is 13.8. The average Bonchev–Trinajstić information content (AvgIpc) is 2.77. The summed E-state index contributed by atoms with van der Waals surface area (Å²) in [6.07, 6.45) is -0.439. The third kappa shape index (κ3) is 7.56. The molecule has 0 amide bonds. The number of aliphatic hydroxyl groups is 1. The molecule has 3 aromatic carbocycles. The van der Waals surface area contributed by atoms with Crippen LogP contribution in [0, 0.1) is 18.6 Å². The molecule has 0 aliphatic rings. The van der Waals surface area contributed by atoms with Crippen molar-refractivity contribution < 1.29 is 22.3 Å². The lowest BCUT2D eigenvalue weighted by molar-refractivity contribution is 0.134. The fourth-order valence-corrected chi connectivity index (χ4v) is 6.02. The largest absolute Gasteiger partial charge is 0.390 e. The molecule has 0 aliphatic carbocycles. The lowest BCUT2D eigenvalue weighted by Crippen LogP contribution is -2.48. The topological polar surface area (TPSA) is 78.4 Å². The van der Waals surface area contributed by atoms with Crippen LogP contribution in [0.3, 0.4) is 0 Å². The molecule has 0 radical (unpaired) electrons. The zero-order chi connectivity index (χ0) is 25.6. The van der Waals surface area contributed by atoms with E-state index in [0.717, 1.165) is 30.2 Å². The Labute approximate surface area is 210 Å². The lowest BCUT2D eigenvalue weighted by Gasteiger charge is -2.25. The van der Waals surface area contributed by atoms with Crippen LogP contribution in [-0.2, 0) is 29.4 Å². The van der Waals surface area contributed by atoms with E-state index in [1.165, 1.54) is 11.6 Å². The number of sulfonamides is 1. The van der Waals surface area contributed by atoms with E-state index >= 15 is 0 Å². The van der Waals surface area contributed by atoms with Crippen molar-refractivity contribution in [1.29, 1.82) is 0 Å². The first-order valence-electron chi connectivity index (χ1n) is 11.3. The molecular weight excluding hydrogens is 494 g/mol. The Bertz CT molecular complexity index is 1230. The highest BCUT2D eigenvalue weighted by atomic mass is 35.5. The summed E-state index contributed by atoms with van der Waals surface area (Å²) in [7, 11) is -4.15. The third-order valence-electron chi connectivity index (χ3n) is 5.66. The highest BCUT2D eigenvalue weighted by Crippen LogP contribution is 2.25. The van der Waals surface area contributed by atoms with Crippen molar-refractivity contribution in [3.63, 3.8) is 0 Å². The molecule has 188 valence electrons. The second-order valence-electron chi connectivity index (χ2n) is 8.47. The molecule has 0 saturated carbocycles. The maximum Gasteiger partial charge on any atom is 0.242 e. The number of aliphatic hydroxyl groups excluding tert-OH is 1. The Kier molecular flexibility index (Phi) is 9.38. The van der Waals surface area contributed by atoms with Crippen molar-refractivity contribution in [1.82, 2.24) is 10.0 Å². The molecule has 0 saturated heterocycles. The van der Waals surface area contributed by atoms with Crippen LogP contribution in [-0.4, -0.2) is 32.2 Å². The second kappa shape index (κ2) is 12.1. The minimum absolute atomic E-state index is 0.0384. The summed E-state index contributed by atoms with van der Waals surface area (Å²) in [5.41, 5.74) is 2.84. The molecule has 0 bridgehead atoms. The Balaban J connectivity index is 1.81. The van der Waals surface area contributed by atoms with Gasteiger partial charge in [0.25, 0.3) is 0 Å². The number of hydrogen-bond acceptors (Lipinski definition) is 4. The minimum atomic E-state index is -4.15. The van der Waals surface area contributed by atoms with Crippen LogP contribution < -0.4 is 10.0 Å². The van der Waals surface area contributed by atoms with Crippen molar-refractivity contribution in [3.05, 3.63) is 99.6 Å². The summed E-state index contributed by atoms with van der Waals surface area (Å²) in [4.78, 5) is -0.103. The van der Waals surface area contributed by atoms with E-state index in [1.54, 1.807) is 19.1 Å². The summed E-state index contributed by atoms with van der Waals surface area (Å²) < 4.78 is 56.4. The Hall–Kier alpha value is -2.36. The first-order chi connectivity index (χ1) is 16.6. The van der Waals surface area contributed by atoms with Crippen LogP contribution >= 0.6 is 11.6 Å². The van der Waals surface area contributed by atoms with E-state index < -0.39 is 33.8 Å². The van der Waals surface area contributed by atoms with Crippen molar-refractivity contribution in [2.75, 3.05) is 6.54 Å². The van der Waals surface area contributed by atoms with Gasteiger partial charge in [-0.15, -0.1) is 0 Å². The zero-order valence-electron chi connectivity index (χ0n) is 19.6. The van der Waals surface area contributed by atoms with Crippen LogP contribution in [0.15, 0.2) is 65.6 Å². The fourth-order valence-electron chi connectivity index (χ4n) is 3.92. The van der Waals surface area contributed by atoms with Gasteiger partial charge >= 0.3 is 0 Å². The normalized spacial score (nSPS) is 13.5. The van der Waals surface area contributed by atoms with Gasteiger partial charge in [0.1, 0.15) is 16.5 Å². The second-order valence-corrected chi connectivity index (χ2v) is 10.5. The first-order valence-corrected chi connectivity index (χ1v) is 13.1. The van der Waals surface area contributed by atoms with E-state index in [-0.39, 0.29) is 28.4 Å². The molecule has 35 heavy (non-hydrogen) atoms. The Morgan fingerprint density at radius 3 is 2.29 bits per heavy atom. The molecule has 0 unspecified atom stereocenters. The summed E-state index contributed by atoms with van der Waals surface area (Å²) in [6.45, 7) is 4.17. The van der Waals surface area contributed by atoms with E-state index in [4.69, 9.17) is 11.6 Å². The molecule has 3 rings (SSSR count). The van der Waals surface area contributed by atoms with Gasteiger partial charge in [-0.1, -0.05) is 54.9 Å². The number of benzene rings is 3. The van der Waals surface area contributed by atoms with E-state index in [9.17, 15) is 22.3 Å². The van der Waals surface area contributed by atoms with Gasteiger partial charge in [0.2, 0.25) is 10.0 Å². The summed E-state index contributed by atoms with van der Waals surface area (Å²) in [5.74, 6) is -1.57. The van der Waals surface area contributed by atoms with Crippen LogP contribution in [0.5, 0.6) is 0 Å². The molecule has 0 fully saturated rings. The van der Waals surface area contributed by atoms with Gasteiger partial charge in [-0.3, -0.25) is 0 Å². The summed E-state index contributed by atoms with van der Waals surface area (Å²) in [5, 5.41) is 14.1. The standard InChI is InChI=1S/C26H29ClF2N2O3S/c1-3-18-7-5-8-19(10-18)15-30-16-25(32)24(13-20-11-21(28)14-22(29)12-20)31-35(33,34)26-17(2)6-4-9-23(26)27/h4-12,14,24-25,30-32H,3,13,15-16H2,1-2H3/t24-,25+/m1/s1. The lowest BCUT2D eigenvalue weighted by atomic mass is 10.0. The van der Waals surface area contributed by atoms with Gasteiger partial charge in [-0.25, -0.2) is 21.9 Å². The third-order valence-corrected chi connectivity index (χ3v) is 7.78. The maximum atomic E-state index is 13.8. The number of hydrogen-bond donors (Lipinski definition) is 3. The van der Waals surface area contributed by atoms with Crippen molar-refractivity contribution in [2.45, 2.75) is 50.3 Å².